The fourth-order valence-corrected chi connectivity index (χ4v) is 4.87. The highest BCUT2D eigenvalue weighted by Gasteiger charge is 2.29. The Labute approximate surface area is 183 Å². The summed E-state index contributed by atoms with van der Waals surface area (Å²) >= 11 is 1.75. The minimum absolute atomic E-state index is 0.282. The molecule has 1 atom stereocenters. The molecular weight excluding hydrogens is 394 g/mol. The van der Waals surface area contributed by atoms with Crippen molar-refractivity contribution in [2.24, 2.45) is 5.92 Å². The van der Waals surface area contributed by atoms with Gasteiger partial charge in [0.25, 0.3) is 0 Å². The van der Waals surface area contributed by atoms with E-state index in [1.165, 1.54) is 10.3 Å². The van der Waals surface area contributed by atoms with E-state index in [4.69, 9.17) is 9.72 Å². The van der Waals surface area contributed by atoms with Crippen molar-refractivity contribution in [3.05, 3.63) is 40.9 Å². The molecule has 0 aliphatic carbocycles. The largest absolute Gasteiger partial charge is 0.443 e. The maximum atomic E-state index is 12.9. The summed E-state index contributed by atoms with van der Waals surface area (Å²) in [7, 11) is 2.15. The van der Waals surface area contributed by atoms with E-state index < -0.39 is 5.60 Å². The first-order valence-corrected chi connectivity index (χ1v) is 11.5. The number of thiazole rings is 1. The van der Waals surface area contributed by atoms with Gasteiger partial charge in [-0.2, -0.15) is 0 Å². The van der Waals surface area contributed by atoms with Crippen LogP contribution >= 0.6 is 11.3 Å². The molecule has 160 valence electrons. The molecule has 5 nitrogen and oxygen atoms in total. The van der Waals surface area contributed by atoms with Gasteiger partial charge in [0.2, 0.25) is 0 Å². The van der Waals surface area contributed by atoms with E-state index in [1.54, 1.807) is 16.2 Å². The highest BCUT2D eigenvalue weighted by Crippen LogP contribution is 2.34. The summed E-state index contributed by atoms with van der Waals surface area (Å²) in [4.78, 5) is 21.9. The Morgan fingerprint density at radius 1 is 1.27 bits per heavy atom. The molecule has 1 amide bonds. The van der Waals surface area contributed by atoms with E-state index in [9.17, 15) is 4.79 Å². The molecule has 0 bridgehead atoms. The number of carbonyl (C=O) groups excluding carboxylic acids is 1. The van der Waals surface area contributed by atoms with E-state index >= 15 is 0 Å². The Bertz CT molecular complexity index is 1020. The van der Waals surface area contributed by atoms with Crippen LogP contribution in [0.1, 0.15) is 51.1 Å². The zero-order chi connectivity index (χ0) is 21.5. The normalized spacial score (nSPS) is 20.8. The molecule has 0 N–H and O–H groups in total. The van der Waals surface area contributed by atoms with Gasteiger partial charge in [-0.15, -0.1) is 11.3 Å². The zero-order valence-electron chi connectivity index (χ0n) is 18.6. The fraction of sp³-hybridized carbons (Fsp3) is 0.500. The summed E-state index contributed by atoms with van der Waals surface area (Å²) in [5, 5.41) is 1.12. The molecule has 30 heavy (non-hydrogen) atoms. The molecule has 4 rings (SSSR count). The Morgan fingerprint density at radius 2 is 2.07 bits per heavy atom. The van der Waals surface area contributed by atoms with Crippen LogP contribution < -0.4 is 0 Å². The SMILES string of the molecule is C[C@H]1CC=C(c2ccc3sc(C4=CCN(C)CC4)nc3c2)N(C(=O)OC(C)(C)C)C1. The van der Waals surface area contributed by atoms with Crippen molar-refractivity contribution in [2.45, 2.75) is 46.1 Å². The molecular formula is C24H31N3O2S. The number of amides is 1. The maximum Gasteiger partial charge on any atom is 0.414 e. The number of hydrogen-bond donors (Lipinski definition) is 0. The van der Waals surface area contributed by atoms with Crippen LogP contribution in [0.5, 0.6) is 0 Å². The summed E-state index contributed by atoms with van der Waals surface area (Å²) in [5.41, 5.74) is 3.78. The summed E-state index contributed by atoms with van der Waals surface area (Å²) in [6.45, 7) is 10.6. The Balaban J connectivity index is 1.64. The minimum Gasteiger partial charge on any atom is -0.443 e. The number of benzene rings is 1. The lowest BCUT2D eigenvalue weighted by Crippen LogP contribution is -2.39. The second-order valence-corrected chi connectivity index (χ2v) is 10.5. The summed E-state index contributed by atoms with van der Waals surface area (Å²) in [5.74, 6) is 0.409. The van der Waals surface area contributed by atoms with Crippen LogP contribution in [0.3, 0.4) is 0 Å². The van der Waals surface area contributed by atoms with Gasteiger partial charge < -0.3 is 9.64 Å². The van der Waals surface area contributed by atoms with Crippen molar-refractivity contribution in [1.82, 2.24) is 14.8 Å². The van der Waals surface area contributed by atoms with Crippen molar-refractivity contribution in [1.29, 1.82) is 0 Å². The van der Waals surface area contributed by atoms with Crippen molar-refractivity contribution >= 4 is 38.9 Å². The van der Waals surface area contributed by atoms with Gasteiger partial charge in [0.15, 0.2) is 0 Å². The molecule has 0 fully saturated rings. The van der Waals surface area contributed by atoms with Gasteiger partial charge in [0, 0.05) is 25.2 Å². The first kappa shape index (κ1) is 21.1. The first-order chi connectivity index (χ1) is 14.2. The van der Waals surface area contributed by atoms with Crippen LogP contribution in [-0.2, 0) is 4.74 Å². The van der Waals surface area contributed by atoms with Crippen molar-refractivity contribution in [3.8, 4) is 0 Å². The Morgan fingerprint density at radius 3 is 2.77 bits per heavy atom. The molecule has 3 heterocycles. The van der Waals surface area contributed by atoms with Gasteiger partial charge in [0.1, 0.15) is 10.6 Å². The van der Waals surface area contributed by atoms with E-state index in [0.29, 0.717) is 12.5 Å². The van der Waals surface area contributed by atoms with Crippen LogP contribution in [0, 0.1) is 5.92 Å². The highest BCUT2D eigenvalue weighted by molar-refractivity contribution is 7.19. The average Bonchev–Trinajstić information content (AvgIpc) is 3.10. The van der Waals surface area contributed by atoms with Crippen molar-refractivity contribution < 1.29 is 9.53 Å². The number of nitrogens with zero attached hydrogens (tertiary/aromatic N) is 3. The van der Waals surface area contributed by atoms with Gasteiger partial charge >= 0.3 is 6.09 Å². The number of fused-ring (bicyclic) bond motifs is 1. The van der Waals surface area contributed by atoms with E-state index in [-0.39, 0.29) is 6.09 Å². The maximum absolute atomic E-state index is 12.9. The molecule has 0 radical (unpaired) electrons. The predicted octanol–water partition coefficient (Wildman–Crippen LogP) is 5.63. The predicted molar refractivity (Wildman–Crippen MR) is 124 cm³/mol. The lowest BCUT2D eigenvalue weighted by molar-refractivity contribution is 0.0327. The van der Waals surface area contributed by atoms with Crippen LogP contribution in [0.25, 0.3) is 21.5 Å². The number of likely N-dealkylation sites (N-methyl/N-ethyl adjacent to an activating group) is 1. The van der Waals surface area contributed by atoms with Crippen molar-refractivity contribution in [2.75, 3.05) is 26.7 Å². The molecule has 2 aliphatic heterocycles. The second-order valence-electron chi connectivity index (χ2n) is 9.46. The quantitative estimate of drug-likeness (QED) is 0.625. The average molecular weight is 426 g/mol. The number of carbonyl (C=O) groups is 1. The standard InChI is InChI=1S/C24H31N3O2S/c1-16-6-8-20(27(15-16)23(28)29-24(2,3)4)18-7-9-21-19(14-18)25-22(30-21)17-10-12-26(5)13-11-17/h7-10,14,16H,6,11-13,15H2,1-5H3/t16-/m0/s1. The summed E-state index contributed by atoms with van der Waals surface area (Å²) in [6.07, 6.45) is 6.16. The van der Waals surface area contributed by atoms with E-state index in [0.717, 1.165) is 47.7 Å². The van der Waals surface area contributed by atoms with Crippen LogP contribution in [0.15, 0.2) is 30.4 Å². The highest BCUT2D eigenvalue weighted by atomic mass is 32.1. The number of rotatable bonds is 2. The topological polar surface area (TPSA) is 45.7 Å². The lowest BCUT2D eigenvalue weighted by Gasteiger charge is -2.33. The summed E-state index contributed by atoms with van der Waals surface area (Å²) in [6, 6.07) is 6.35. The third kappa shape index (κ3) is 4.60. The molecule has 6 heteroatoms. The van der Waals surface area contributed by atoms with Gasteiger partial charge in [-0.05, 0) is 64.3 Å². The van der Waals surface area contributed by atoms with Gasteiger partial charge in [-0.1, -0.05) is 25.1 Å². The molecule has 1 aromatic carbocycles. The Hall–Kier alpha value is -2.18. The second kappa shape index (κ2) is 8.16. The van der Waals surface area contributed by atoms with E-state index in [1.807, 2.05) is 20.8 Å². The van der Waals surface area contributed by atoms with Crippen LogP contribution in [0.4, 0.5) is 4.79 Å². The Kier molecular flexibility index (Phi) is 5.73. The van der Waals surface area contributed by atoms with E-state index in [2.05, 4.69) is 49.2 Å². The smallest absolute Gasteiger partial charge is 0.414 e. The van der Waals surface area contributed by atoms with Gasteiger partial charge in [-0.25, -0.2) is 9.78 Å². The number of aromatic nitrogens is 1. The van der Waals surface area contributed by atoms with Crippen LogP contribution in [-0.4, -0.2) is 53.2 Å². The molecule has 2 aliphatic rings. The molecule has 1 aromatic heterocycles. The monoisotopic (exact) mass is 425 g/mol. The summed E-state index contributed by atoms with van der Waals surface area (Å²) < 4.78 is 6.86. The molecule has 2 aromatic rings. The lowest BCUT2D eigenvalue weighted by atomic mass is 9.98. The zero-order valence-corrected chi connectivity index (χ0v) is 19.4. The fourth-order valence-electron chi connectivity index (χ4n) is 3.86. The van der Waals surface area contributed by atoms with Crippen molar-refractivity contribution in [3.63, 3.8) is 0 Å². The number of hydrogen-bond acceptors (Lipinski definition) is 5. The number of allylic oxidation sites excluding steroid dienone is 1. The molecule has 0 unspecified atom stereocenters. The molecule has 0 saturated carbocycles. The molecule has 0 saturated heterocycles. The minimum atomic E-state index is -0.515. The molecule has 0 spiro atoms. The van der Waals surface area contributed by atoms with Crippen LogP contribution in [0.2, 0.25) is 0 Å². The van der Waals surface area contributed by atoms with Gasteiger partial charge in [0.05, 0.1) is 15.9 Å². The number of ether oxygens (including phenoxy) is 1. The third-order valence-corrected chi connectivity index (χ3v) is 6.59. The van der Waals surface area contributed by atoms with Gasteiger partial charge in [-0.3, -0.25) is 4.90 Å². The first-order valence-electron chi connectivity index (χ1n) is 10.7. The third-order valence-electron chi connectivity index (χ3n) is 5.48.